The monoisotopic (exact) mass is 415 g/mol. The third kappa shape index (κ3) is 2.63. The highest BCUT2D eigenvalue weighted by Gasteiger charge is 2.69. The van der Waals surface area contributed by atoms with Crippen molar-refractivity contribution >= 4 is 22.2 Å². The highest BCUT2D eigenvalue weighted by molar-refractivity contribution is 7.14. The summed E-state index contributed by atoms with van der Waals surface area (Å²) in [6.07, 6.45) is -4.82. The van der Waals surface area contributed by atoms with Crippen LogP contribution in [0.4, 0.5) is 18.3 Å². The van der Waals surface area contributed by atoms with Crippen molar-refractivity contribution in [1.29, 1.82) is 0 Å². The average molecular weight is 415 g/mol. The second kappa shape index (κ2) is 6.14. The first-order valence-corrected chi connectivity index (χ1v) is 9.95. The predicted octanol–water partition coefficient (Wildman–Crippen LogP) is 4.77. The number of hydrogen-bond acceptors (Lipinski definition) is 5. The van der Waals surface area contributed by atoms with Crippen molar-refractivity contribution in [3.63, 3.8) is 0 Å². The number of halogens is 3. The molecule has 2 aliphatic rings. The average Bonchev–Trinajstić information content (AvgIpc) is 3.36. The Morgan fingerprint density at radius 2 is 1.86 bits per heavy atom. The molecule has 0 fully saturated rings. The molecule has 4 nitrogen and oxygen atoms in total. The SMILES string of the molecule is Cc1ccc(-c2csc(N3N=C4c5ccccc5C[C@H]4[C@@]3(O)C(F)(F)F)n2)cc1. The van der Waals surface area contributed by atoms with Crippen LogP contribution >= 0.6 is 11.3 Å². The second-order valence-corrected chi connectivity index (χ2v) is 8.15. The number of aryl methyl sites for hydroxylation is 1. The second-order valence-electron chi connectivity index (χ2n) is 7.32. The molecule has 0 radical (unpaired) electrons. The molecule has 2 atom stereocenters. The minimum atomic E-state index is -4.90. The van der Waals surface area contributed by atoms with E-state index in [9.17, 15) is 18.3 Å². The molecular formula is C21H16F3N3OS. The van der Waals surface area contributed by atoms with E-state index >= 15 is 0 Å². The number of aromatic nitrogens is 1. The smallest absolute Gasteiger partial charge is 0.362 e. The maximum Gasteiger partial charge on any atom is 0.439 e. The summed E-state index contributed by atoms with van der Waals surface area (Å²) in [4.78, 5) is 4.36. The molecule has 1 aliphatic heterocycles. The highest BCUT2D eigenvalue weighted by atomic mass is 32.1. The van der Waals surface area contributed by atoms with E-state index in [4.69, 9.17) is 0 Å². The summed E-state index contributed by atoms with van der Waals surface area (Å²) in [5, 5.41) is 17.5. The maximum absolute atomic E-state index is 14.1. The number of thiazole rings is 1. The zero-order valence-corrected chi connectivity index (χ0v) is 16.1. The summed E-state index contributed by atoms with van der Waals surface area (Å²) >= 11 is 1.03. The normalized spacial score (nSPS) is 23.1. The van der Waals surface area contributed by atoms with Gasteiger partial charge >= 0.3 is 6.18 Å². The molecule has 29 heavy (non-hydrogen) atoms. The van der Waals surface area contributed by atoms with E-state index < -0.39 is 17.8 Å². The van der Waals surface area contributed by atoms with Gasteiger partial charge in [0.15, 0.2) is 0 Å². The lowest BCUT2D eigenvalue weighted by molar-refractivity contribution is -0.267. The summed E-state index contributed by atoms with van der Waals surface area (Å²) in [6.45, 7) is 1.95. The summed E-state index contributed by atoms with van der Waals surface area (Å²) in [5.74, 6) is -1.19. The standard InChI is InChI=1S/C21H16F3N3OS/c1-12-6-8-13(9-7-12)17-11-29-19(25-17)27-20(28,21(22,23)24)16-10-14-4-2-3-5-15(14)18(16)26-27/h2-9,11,16,28H,10H2,1H3/t16-,20-/m1/s1. The number of anilines is 1. The summed E-state index contributed by atoms with van der Waals surface area (Å²) in [6, 6.07) is 14.6. The van der Waals surface area contributed by atoms with Gasteiger partial charge in [0.2, 0.25) is 5.13 Å². The third-order valence-electron chi connectivity index (χ3n) is 5.50. The van der Waals surface area contributed by atoms with Crippen molar-refractivity contribution in [2.24, 2.45) is 11.0 Å². The zero-order valence-electron chi connectivity index (χ0n) is 15.3. The van der Waals surface area contributed by atoms with Gasteiger partial charge in [-0.25, -0.2) is 4.98 Å². The molecule has 1 aromatic heterocycles. The van der Waals surface area contributed by atoms with Crippen LogP contribution < -0.4 is 5.01 Å². The lowest BCUT2D eigenvalue weighted by atomic mass is 9.91. The van der Waals surface area contributed by atoms with E-state index in [1.165, 1.54) is 0 Å². The topological polar surface area (TPSA) is 48.7 Å². The van der Waals surface area contributed by atoms with E-state index in [0.29, 0.717) is 16.3 Å². The van der Waals surface area contributed by atoms with Gasteiger partial charge in [0.05, 0.1) is 17.3 Å². The van der Waals surface area contributed by atoms with E-state index in [1.807, 2.05) is 31.2 Å². The Morgan fingerprint density at radius 3 is 2.59 bits per heavy atom. The van der Waals surface area contributed by atoms with Crippen LogP contribution in [0, 0.1) is 12.8 Å². The fourth-order valence-corrected chi connectivity index (χ4v) is 4.80. The number of fused-ring (bicyclic) bond motifs is 3. The number of alkyl halides is 3. The van der Waals surface area contributed by atoms with Crippen molar-refractivity contribution in [3.05, 3.63) is 70.6 Å². The molecule has 0 saturated carbocycles. The van der Waals surface area contributed by atoms with Crippen LogP contribution in [0.5, 0.6) is 0 Å². The van der Waals surface area contributed by atoms with E-state index in [0.717, 1.165) is 28.0 Å². The molecule has 0 unspecified atom stereocenters. The van der Waals surface area contributed by atoms with Gasteiger partial charge in [0.1, 0.15) is 0 Å². The first kappa shape index (κ1) is 18.3. The minimum absolute atomic E-state index is 0.0137. The Labute approximate surface area is 168 Å². The predicted molar refractivity (Wildman–Crippen MR) is 106 cm³/mol. The van der Waals surface area contributed by atoms with Crippen LogP contribution in [-0.4, -0.2) is 27.7 Å². The number of hydrazone groups is 1. The molecule has 8 heteroatoms. The molecule has 0 saturated heterocycles. The molecule has 148 valence electrons. The minimum Gasteiger partial charge on any atom is -0.362 e. The van der Waals surface area contributed by atoms with Crippen molar-refractivity contribution in [1.82, 2.24) is 4.98 Å². The lowest BCUT2D eigenvalue weighted by Gasteiger charge is -2.36. The number of aliphatic hydroxyl groups is 1. The van der Waals surface area contributed by atoms with Crippen molar-refractivity contribution in [3.8, 4) is 11.3 Å². The highest BCUT2D eigenvalue weighted by Crippen LogP contribution is 2.51. The van der Waals surface area contributed by atoms with Gasteiger partial charge in [-0.2, -0.15) is 23.3 Å². The van der Waals surface area contributed by atoms with Crippen LogP contribution in [0.1, 0.15) is 16.7 Å². The van der Waals surface area contributed by atoms with Gasteiger partial charge in [0.25, 0.3) is 5.72 Å². The van der Waals surface area contributed by atoms with Crippen LogP contribution in [0.2, 0.25) is 0 Å². The first-order valence-electron chi connectivity index (χ1n) is 9.07. The molecule has 2 aromatic carbocycles. The zero-order chi connectivity index (χ0) is 20.4. The third-order valence-corrected chi connectivity index (χ3v) is 6.32. The number of rotatable bonds is 2. The number of hydrogen-bond donors (Lipinski definition) is 1. The van der Waals surface area contributed by atoms with Gasteiger partial charge in [-0.15, -0.1) is 11.3 Å². The number of benzene rings is 2. The molecular weight excluding hydrogens is 399 g/mol. The van der Waals surface area contributed by atoms with Crippen LogP contribution in [-0.2, 0) is 6.42 Å². The molecule has 2 heterocycles. The quantitative estimate of drug-likeness (QED) is 0.656. The van der Waals surface area contributed by atoms with Gasteiger partial charge < -0.3 is 5.11 Å². The summed E-state index contributed by atoms with van der Waals surface area (Å²) in [7, 11) is 0. The van der Waals surface area contributed by atoms with Crippen molar-refractivity contribution in [2.75, 3.05) is 5.01 Å². The largest absolute Gasteiger partial charge is 0.439 e. The van der Waals surface area contributed by atoms with Crippen molar-refractivity contribution in [2.45, 2.75) is 25.2 Å². The Morgan fingerprint density at radius 1 is 1.14 bits per heavy atom. The summed E-state index contributed by atoms with van der Waals surface area (Å²) in [5.41, 5.74) is 0.957. The Balaban J connectivity index is 1.60. The molecule has 0 amide bonds. The van der Waals surface area contributed by atoms with E-state index in [1.54, 1.807) is 29.6 Å². The van der Waals surface area contributed by atoms with Gasteiger partial charge in [0, 0.05) is 16.5 Å². The number of nitrogens with zero attached hydrogens (tertiary/aromatic N) is 3. The van der Waals surface area contributed by atoms with Gasteiger partial charge in [-0.3, -0.25) is 0 Å². The fraction of sp³-hybridized carbons (Fsp3) is 0.238. The Hall–Kier alpha value is -2.71. The van der Waals surface area contributed by atoms with Crippen LogP contribution in [0.25, 0.3) is 11.3 Å². The fourth-order valence-electron chi connectivity index (χ4n) is 3.97. The lowest BCUT2D eigenvalue weighted by Crippen LogP contribution is -2.60. The molecule has 0 bridgehead atoms. The molecule has 3 aromatic rings. The van der Waals surface area contributed by atoms with Crippen LogP contribution in [0.3, 0.4) is 0 Å². The molecule has 0 spiro atoms. The molecule has 5 rings (SSSR count). The Kier molecular flexibility index (Phi) is 3.88. The summed E-state index contributed by atoms with van der Waals surface area (Å²) < 4.78 is 42.4. The maximum atomic E-state index is 14.1. The van der Waals surface area contributed by atoms with E-state index in [2.05, 4.69) is 10.1 Å². The molecule has 1 N–H and O–H groups in total. The van der Waals surface area contributed by atoms with Gasteiger partial charge in [-0.05, 0) is 18.9 Å². The van der Waals surface area contributed by atoms with Crippen LogP contribution in [0.15, 0.2) is 59.0 Å². The first-order chi connectivity index (χ1) is 13.8. The van der Waals surface area contributed by atoms with E-state index in [-0.39, 0.29) is 17.3 Å². The molecule has 1 aliphatic carbocycles. The van der Waals surface area contributed by atoms with Crippen molar-refractivity contribution < 1.29 is 18.3 Å². The Bertz CT molecular complexity index is 1120. The van der Waals surface area contributed by atoms with Gasteiger partial charge in [-0.1, -0.05) is 54.1 Å².